The Balaban J connectivity index is 1.70. The Morgan fingerprint density at radius 1 is 1.14 bits per heavy atom. The zero-order valence-corrected chi connectivity index (χ0v) is 12.5. The topological polar surface area (TPSA) is 59.4 Å². The lowest BCUT2D eigenvalue weighted by atomic mass is 10.2. The summed E-state index contributed by atoms with van der Waals surface area (Å²) in [6, 6.07) is 12.4. The molecule has 0 atom stereocenters. The van der Waals surface area contributed by atoms with Gasteiger partial charge < -0.3 is 4.57 Å². The molecule has 1 aromatic carbocycles. The van der Waals surface area contributed by atoms with Gasteiger partial charge in [-0.15, -0.1) is 0 Å². The lowest BCUT2D eigenvalue weighted by Crippen LogP contribution is -2.00. The average Bonchev–Trinajstić information content (AvgIpc) is 3.16. The van der Waals surface area contributed by atoms with Gasteiger partial charge in [0.15, 0.2) is 0 Å². The van der Waals surface area contributed by atoms with Crippen LogP contribution in [0.3, 0.4) is 0 Å². The van der Waals surface area contributed by atoms with E-state index in [4.69, 9.17) is 5.26 Å². The highest BCUT2D eigenvalue weighted by Crippen LogP contribution is 2.10. The summed E-state index contributed by atoms with van der Waals surface area (Å²) in [5, 5.41) is 13.2. The van der Waals surface area contributed by atoms with Gasteiger partial charge in [0.1, 0.15) is 0 Å². The van der Waals surface area contributed by atoms with Crippen molar-refractivity contribution < 1.29 is 0 Å². The fourth-order valence-electron chi connectivity index (χ4n) is 2.28. The summed E-state index contributed by atoms with van der Waals surface area (Å²) in [7, 11) is 0. The van der Waals surface area contributed by atoms with E-state index in [0.29, 0.717) is 19.4 Å². The van der Waals surface area contributed by atoms with E-state index in [1.165, 1.54) is 5.56 Å². The van der Waals surface area contributed by atoms with Crippen LogP contribution in [-0.4, -0.2) is 19.3 Å². The SMILES string of the molecule is Cc1ccc(-n2ccc(Cn3cnc(CCC#N)c3)n2)cc1. The molecule has 0 saturated heterocycles. The molecule has 5 heteroatoms. The van der Waals surface area contributed by atoms with Gasteiger partial charge in [0.2, 0.25) is 0 Å². The largest absolute Gasteiger partial charge is 0.331 e. The Hall–Kier alpha value is -2.87. The number of aryl methyl sites for hydroxylation is 2. The van der Waals surface area contributed by atoms with Gasteiger partial charge in [-0.25, -0.2) is 9.67 Å². The van der Waals surface area contributed by atoms with Crippen LogP contribution in [0.25, 0.3) is 5.69 Å². The molecule has 0 N–H and O–H groups in total. The van der Waals surface area contributed by atoms with Gasteiger partial charge in [-0.2, -0.15) is 10.4 Å². The van der Waals surface area contributed by atoms with Gasteiger partial charge >= 0.3 is 0 Å². The van der Waals surface area contributed by atoms with Gasteiger partial charge in [-0.05, 0) is 25.1 Å². The highest BCUT2D eigenvalue weighted by Gasteiger charge is 2.04. The minimum Gasteiger partial charge on any atom is -0.331 e. The Labute approximate surface area is 129 Å². The van der Waals surface area contributed by atoms with Crippen LogP contribution >= 0.6 is 0 Å². The van der Waals surface area contributed by atoms with Crippen molar-refractivity contribution in [3.8, 4) is 11.8 Å². The molecule has 0 saturated carbocycles. The summed E-state index contributed by atoms with van der Waals surface area (Å²) in [5.74, 6) is 0. The molecule has 0 aliphatic carbocycles. The fraction of sp³-hybridized carbons (Fsp3) is 0.235. The van der Waals surface area contributed by atoms with Crippen molar-refractivity contribution in [2.45, 2.75) is 26.3 Å². The molecule has 0 spiro atoms. The molecule has 2 heterocycles. The van der Waals surface area contributed by atoms with Crippen LogP contribution in [0.1, 0.15) is 23.4 Å². The van der Waals surface area contributed by atoms with Crippen LogP contribution in [0.5, 0.6) is 0 Å². The summed E-state index contributed by atoms with van der Waals surface area (Å²) >= 11 is 0. The second-order valence-electron chi connectivity index (χ2n) is 5.28. The molecular weight excluding hydrogens is 274 g/mol. The molecule has 0 unspecified atom stereocenters. The summed E-state index contributed by atoms with van der Waals surface area (Å²) in [4.78, 5) is 4.30. The van der Waals surface area contributed by atoms with Crippen LogP contribution < -0.4 is 0 Å². The molecule has 3 rings (SSSR count). The number of nitriles is 1. The molecule has 110 valence electrons. The van der Waals surface area contributed by atoms with Crippen molar-refractivity contribution in [3.63, 3.8) is 0 Å². The van der Waals surface area contributed by atoms with Crippen LogP contribution in [0.2, 0.25) is 0 Å². The van der Waals surface area contributed by atoms with Crippen molar-refractivity contribution >= 4 is 0 Å². The second-order valence-corrected chi connectivity index (χ2v) is 5.28. The van der Waals surface area contributed by atoms with Crippen molar-refractivity contribution in [1.82, 2.24) is 19.3 Å². The van der Waals surface area contributed by atoms with Crippen molar-refractivity contribution in [3.05, 3.63) is 66.0 Å². The van der Waals surface area contributed by atoms with Crippen molar-refractivity contribution in [2.24, 2.45) is 0 Å². The Morgan fingerprint density at radius 2 is 1.95 bits per heavy atom. The Kier molecular flexibility index (Phi) is 4.01. The maximum absolute atomic E-state index is 8.60. The fourth-order valence-corrected chi connectivity index (χ4v) is 2.28. The summed E-state index contributed by atoms with van der Waals surface area (Å²) < 4.78 is 3.87. The third-order valence-corrected chi connectivity index (χ3v) is 3.47. The van der Waals surface area contributed by atoms with Gasteiger partial charge in [0, 0.05) is 25.2 Å². The zero-order chi connectivity index (χ0) is 15.4. The number of aromatic nitrogens is 4. The average molecular weight is 291 g/mol. The first-order valence-corrected chi connectivity index (χ1v) is 7.24. The molecule has 0 amide bonds. The number of hydrogen-bond donors (Lipinski definition) is 0. The van der Waals surface area contributed by atoms with Gasteiger partial charge in [-0.3, -0.25) is 0 Å². The number of imidazole rings is 1. The third-order valence-electron chi connectivity index (χ3n) is 3.47. The van der Waals surface area contributed by atoms with E-state index in [-0.39, 0.29) is 0 Å². The number of nitrogens with zero attached hydrogens (tertiary/aromatic N) is 5. The van der Waals surface area contributed by atoms with Gasteiger partial charge in [0.25, 0.3) is 0 Å². The number of hydrogen-bond acceptors (Lipinski definition) is 3. The Morgan fingerprint density at radius 3 is 2.73 bits per heavy atom. The lowest BCUT2D eigenvalue weighted by Gasteiger charge is -2.02. The van der Waals surface area contributed by atoms with E-state index in [1.54, 1.807) is 6.33 Å². The quantitative estimate of drug-likeness (QED) is 0.726. The number of rotatable bonds is 5. The molecule has 0 fully saturated rings. The van der Waals surface area contributed by atoms with Crippen LogP contribution in [0, 0.1) is 18.3 Å². The smallest absolute Gasteiger partial charge is 0.0953 e. The predicted octanol–water partition coefficient (Wildman–Crippen LogP) is 2.88. The van der Waals surface area contributed by atoms with Crippen LogP contribution in [-0.2, 0) is 13.0 Å². The molecule has 0 aliphatic rings. The van der Waals surface area contributed by atoms with Gasteiger partial charge in [-0.1, -0.05) is 17.7 Å². The third kappa shape index (κ3) is 3.23. The Bertz CT molecular complexity index is 789. The molecule has 22 heavy (non-hydrogen) atoms. The van der Waals surface area contributed by atoms with E-state index in [2.05, 4.69) is 47.3 Å². The van der Waals surface area contributed by atoms with E-state index in [1.807, 2.05) is 27.7 Å². The molecule has 3 aromatic rings. The van der Waals surface area contributed by atoms with Crippen LogP contribution in [0.4, 0.5) is 0 Å². The summed E-state index contributed by atoms with van der Waals surface area (Å²) in [6.45, 7) is 2.75. The molecule has 2 aromatic heterocycles. The van der Waals surface area contributed by atoms with Crippen molar-refractivity contribution in [2.75, 3.05) is 0 Å². The van der Waals surface area contributed by atoms with Crippen molar-refractivity contribution in [1.29, 1.82) is 5.26 Å². The van der Waals surface area contributed by atoms with E-state index in [9.17, 15) is 0 Å². The zero-order valence-electron chi connectivity index (χ0n) is 12.5. The minimum atomic E-state index is 0.499. The molecular formula is C17H17N5. The molecule has 0 aliphatic heterocycles. The standard InChI is InChI=1S/C17H17N5/c1-14-4-6-17(7-5-14)22-10-8-16(20-22)12-21-11-15(19-13-21)3-2-9-18/h4-8,10-11,13H,2-3,12H2,1H3. The molecule has 0 bridgehead atoms. The van der Waals surface area contributed by atoms with E-state index >= 15 is 0 Å². The lowest BCUT2D eigenvalue weighted by molar-refractivity contribution is 0.743. The highest BCUT2D eigenvalue weighted by molar-refractivity contribution is 5.33. The summed E-state index contributed by atoms with van der Waals surface area (Å²) in [6.07, 6.45) is 6.92. The molecule has 0 radical (unpaired) electrons. The number of benzene rings is 1. The second kappa shape index (κ2) is 6.27. The maximum atomic E-state index is 8.60. The normalized spacial score (nSPS) is 10.5. The van der Waals surface area contributed by atoms with Gasteiger partial charge in [0.05, 0.1) is 36.0 Å². The first-order chi connectivity index (χ1) is 10.7. The van der Waals surface area contributed by atoms with Crippen LogP contribution in [0.15, 0.2) is 49.1 Å². The first-order valence-electron chi connectivity index (χ1n) is 7.24. The first kappa shape index (κ1) is 14.1. The van der Waals surface area contributed by atoms with E-state index in [0.717, 1.165) is 17.1 Å². The highest BCUT2D eigenvalue weighted by atomic mass is 15.3. The molecule has 5 nitrogen and oxygen atoms in total. The summed E-state index contributed by atoms with van der Waals surface area (Å²) in [5.41, 5.74) is 4.21. The maximum Gasteiger partial charge on any atom is 0.0953 e. The minimum absolute atomic E-state index is 0.499. The van der Waals surface area contributed by atoms with E-state index < -0.39 is 0 Å². The monoisotopic (exact) mass is 291 g/mol. The predicted molar refractivity (Wildman–Crippen MR) is 83.6 cm³/mol.